The van der Waals surface area contributed by atoms with Gasteiger partial charge in [0.2, 0.25) is 0 Å². The molecule has 0 radical (unpaired) electrons. The third kappa shape index (κ3) is 3.93. The topological polar surface area (TPSA) is 26.3 Å². The van der Waals surface area contributed by atoms with Crippen LogP contribution in [-0.4, -0.2) is 12.1 Å². The number of halogens is 8. The predicted octanol–water partition coefficient (Wildman–Crippen LogP) is 5.55. The Kier molecular flexibility index (Phi) is 4.49. The Hall–Kier alpha value is -1.77. The van der Waals surface area contributed by atoms with E-state index in [-0.39, 0.29) is 0 Å². The average molecular weight is 423 g/mol. The molecule has 0 unspecified atom stereocenters. The van der Waals surface area contributed by atoms with Crippen molar-refractivity contribution in [2.45, 2.75) is 33.5 Å². The molecular weight excluding hydrogens is 406 g/mol. The summed E-state index contributed by atoms with van der Waals surface area (Å²) in [5.41, 5.74) is -4.19. The summed E-state index contributed by atoms with van der Waals surface area (Å²) in [7, 11) is 0. The van der Waals surface area contributed by atoms with Gasteiger partial charge in [-0.2, -0.15) is 13.2 Å². The molecule has 1 aromatic carbocycles. The fourth-order valence-electron chi connectivity index (χ4n) is 2.73. The van der Waals surface area contributed by atoms with Gasteiger partial charge in [-0.3, -0.25) is 4.79 Å². The molecule has 2 rings (SSSR count). The van der Waals surface area contributed by atoms with Crippen molar-refractivity contribution in [3.05, 3.63) is 45.5 Å². The second-order valence-corrected chi connectivity index (χ2v) is 6.96. The number of esters is 1. The van der Waals surface area contributed by atoms with Crippen molar-refractivity contribution < 1.29 is 44.4 Å². The fraction of sp³-hybridized carbons (Fsp3) is 0.471. The Bertz CT molecular complexity index is 881. The average Bonchev–Trinajstić information content (AvgIpc) is 3.11. The van der Waals surface area contributed by atoms with Gasteiger partial charge in [-0.05, 0) is 18.2 Å². The normalized spacial score (nSPS) is 24.1. The van der Waals surface area contributed by atoms with Crippen molar-refractivity contribution in [1.82, 2.24) is 0 Å². The predicted molar refractivity (Wildman–Crippen MR) is 81.6 cm³/mol. The molecule has 0 N–H and O–H groups in total. The van der Waals surface area contributed by atoms with Crippen LogP contribution in [0.4, 0.5) is 30.7 Å². The summed E-state index contributed by atoms with van der Waals surface area (Å²) in [5, 5.41) is -1.46. The highest BCUT2D eigenvalue weighted by molar-refractivity contribution is 6.30. The zero-order valence-electron chi connectivity index (χ0n) is 16.8. The molecular formula is C17H14ClF7O2. The highest BCUT2D eigenvalue weighted by Gasteiger charge is 2.62. The third-order valence-electron chi connectivity index (χ3n) is 4.47. The SMILES string of the molecule is [2H][13C]([2H])([2H])c1c(F)c(F)c(COC(=O)[C@H]2[C@@H](/C=C(\Cl)C(F)(F)F)C2(C)C)c(F)c1F. The Morgan fingerprint density at radius 1 is 1.19 bits per heavy atom. The first kappa shape index (κ1) is 17.3. The van der Waals surface area contributed by atoms with Crippen LogP contribution in [-0.2, 0) is 16.1 Å². The molecule has 1 aliphatic carbocycles. The maximum Gasteiger partial charge on any atom is 0.426 e. The molecule has 27 heavy (non-hydrogen) atoms. The molecule has 2 atom stereocenters. The lowest BCUT2D eigenvalue weighted by Gasteiger charge is -2.10. The van der Waals surface area contributed by atoms with E-state index >= 15 is 0 Å². The number of hydrogen-bond donors (Lipinski definition) is 0. The summed E-state index contributed by atoms with van der Waals surface area (Å²) >= 11 is 5.15. The molecule has 2 nitrogen and oxygen atoms in total. The minimum absolute atomic E-state index is 0.610. The van der Waals surface area contributed by atoms with Crippen molar-refractivity contribution in [2.75, 3.05) is 0 Å². The van der Waals surface area contributed by atoms with E-state index in [9.17, 15) is 35.5 Å². The smallest absolute Gasteiger partial charge is 0.426 e. The Morgan fingerprint density at radius 2 is 1.70 bits per heavy atom. The van der Waals surface area contributed by atoms with Gasteiger partial charge in [-0.25, -0.2) is 17.6 Å². The van der Waals surface area contributed by atoms with E-state index in [0.29, 0.717) is 6.08 Å². The second-order valence-electron chi connectivity index (χ2n) is 6.55. The number of carbonyl (C=O) groups is 1. The lowest BCUT2D eigenvalue weighted by Crippen LogP contribution is -2.14. The first-order valence-corrected chi connectivity index (χ1v) is 7.76. The van der Waals surface area contributed by atoms with E-state index in [1.165, 1.54) is 13.8 Å². The zero-order chi connectivity index (χ0) is 23.4. The van der Waals surface area contributed by atoms with Gasteiger partial charge in [0, 0.05) is 9.68 Å². The number of rotatable bonds is 4. The third-order valence-corrected chi connectivity index (χ3v) is 4.81. The van der Waals surface area contributed by atoms with Gasteiger partial charge in [0.05, 0.1) is 11.5 Å². The molecule has 0 heterocycles. The van der Waals surface area contributed by atoms with Crippen LogP contribution < -0.4 is 0 Å². The van der Waals surface area contributed by atoms with Gasteiger partial charge in [0.1, 0.15) is 11.6 Å². The standard InChI is InChI=1S/C17H14ClF7O2/c1-6-11(19)13(21)7(14(22)12(6)20)5-27-15(26)10-8(16(10,2)3)4-9(18)17(23,24)25/h4,8,10H,5H2,1-3H3/b9-4-/t8-,10-/m1/s1/i1+1D3. The first-order chi connectivity index (χ1) is 13.4. The van der Waals surface area contributed by atoms with E-state index in [4.69, 9.17) is 15.7 Å². The van der Waals surface area contributed by atoms with Gasteiger partial charge in [0.25, 0.3) is 0 Å². The van der Waals surface area contributed by atoms with Gasteiger partial charge in [-0.1, -0.05) is 31.5 Å². The van der Waals surface area contributed by atoms with Crippen LogP contribution in [0, 0.1) is 47.4 Å². The Balaban J connectivity index is 2.24. The van der Waals surface area contributed by atoms with Crippen LogP contribution in [0.1, 0.15) is 29.1 Å². The molecule has 1 fully saturated rings. The number of benzene rings is 1. The molecule has 1 aliphatic rings. The highest BCUT2D eigenvalue weighted by atomic mass is 35.5. The number of hydrogen-bond acceptors (Lipinski definition) is 2. The lowest BCUT2D eigenvalue weighted by atomic mass is 10.1. The Labute approximate surface area is 159 Å². The van der Waals surface area contributed by atoms with E-state index in [1.807, 2.05) is 0 Å². The lowest BCUT2D eigenvalue weighted by molar-refractivity contribution is -0.147. The minimum Gasteiger partial charge on any atom is -0.460 e. The van der Waals surface area contributed by atoms with E-state index < -0.39 is 82.3 Å². The summed E-state index contributed by atoms with van der Waals surface area (Å²) < 4.78 is 119. The van der Waals surface area contributed by atoms with Crippen LogP contribution in [0.2, 0.25) is 0 Å². The fourth-order valence-corrected chi connectivity index (χ4v) is 2.86. The molecule has 1 saturated carbocycles. The first-order valence-electron chi connectivity index (χ1n) is 8.88. The van der Waals surface area contributed by atoms with Crippen LogP contribution in [0.5, 0.6) is 0 Å². The Morgan fingerprint density at radius 3 is 2.15 bits per heavy atom. The molecule has 150 valence electrons. The van der Waals surface area contributed by atoms with Gasteiger partial charge < -0.3 is 4.74 Å². The quantitative estimate of drug-likeness (QED) is 0.275. The number of allylic oxidation sites excluding steroid dienone is 2. The molecule has 0 bridgehead atoms. The van der Waals surface area contributed by atoms with E-state index in [1.54, 1.807) is 0 Å². The van der Waals surface area contributed by atoms with Crippen molar-refractivity contribution in [3.8, 4) is 0 Å². The number of ether oxygens (including phenoxy) is 1. The van der Waals surface area contributed by atoms with Gasteiger partial charge >= 0.3 is 12.1 Å². The molecule has 0 spiro atoms. The van der Waals surface area contributed by atoms with Crippen LogP contribution in [0.3, 0.4) is 0 Å². The van der Waals surface area contributed by atoms with Crippen molar-refractivity contribution in [2.24, 2.45) is 17.3 Å². The van der Waals surface area contributed by atoms with Gasteiger partial charge in [-0.15, -0.1) is 0 Å². The van der Waals surface area contributed by atoms with E-state index in [0.717, 1.165) is 0 Å². The van der Waals surface area contributed by atoms with Crippen molar-refractivity contribution in [1.29, 1.82) is 0 Å². The maximum absolute atomic E-state index is 14.1. The zero-order valence-corrected chi connectivity index (χ0v) is 14.5. The number of carbonyl (C=O) groups excluding carboxylic acids is 1. The summed E-state index contributed by atoms with van der Waals surface area (Å²) in [4.78, 5) is 12.2. The molecule has 0 amide bonds. The molecule has 0 saturated heterocycles. The monoisotopic (exact) mass is 422 g/mol. The van der Waals surface area contributed by atoms with Crippen molar-refractivity contribution >= 4 is 17.6 Å². The minimum atomic E-state index is -4.83. The molecule has 10 heteroatoms. The molecule has 1 aromatic rings. The van der Waals surface area contributed by atoms with Crippen LogP contribution >= 0.6 is 11.6 Å². The summed E-state index contributed by atoms with van der Waals surface area (Å²) in [5.74, 6) is -11.8. The van der Waals surface area contributed by atoms with E-state index in [2.05, 4.69) is 4.74 Å². The largest absolute Gasteiger partial charge is 0.460 e. The maximum atomic E-state index is 14.1. The second kappa shape index (κ2) is 7.00. The summed E-state index contributed by atoms with van der Waals surface area (Å²) in [6.07, 6.45) is -4.22. The molecule has 0 aliphatic heterocycles. The number of alkyl halides is 3. The summed E-state index contributed by atoms with van der Waals surface area (Å²) in [6.45, 7) is -1.94. The molecule has 0 aromatic heterocycles. The van der Waals surface area contributed by atoms with Crippen LogP contribution in [0.15, 0.2) is 11.1 Å². The van der Waals surface area contributed by atoms with Crippen LogP contribution in [0.25, 0.3) is 0 Å². The highest BCUT2D eigenvalue weighted by Crippen LogP contribution is 2.60. The van der Waals surface area contributed by atoms with Crippen molar-refractivity contribution in [3.63, 3.8) is 0 Å². The summed E-state index contributed by atoms with van der Waals surface area (Å²) in [6, 6.07) is 0. The van der Waals surface area contributed by atoms with Gasteiger partial charge in [0.15, 0.2) is 23.3 Å².